The summed E-state index contributed by atoms with van der Waals surface area (Å²) in [5.41, 5.74) is 15.2. The summed E-state index contributed by atoms with van der Waals surface area (Å²) in [7, 11) is 0. The number of fused-ring (bicyclic) bond motifs is 3. The van der Waals surface area contributed by atoms with Crippen LogP contribution in [0.15, 0.2) is 117 Å². The Morgan fingerprint density at radius 2 is 1.10 bits per heavy atom. The van der Waals surface area contributed by atoms with E-state index in [9.17, 15) is 5.11 Å². The van der Waals surface area contributed by atoms with Crippen LogP contribution < -0.4 is 0 Å². The molecule has 8 bridgehead atoms. The molecule has 10 aliphatic carbocycles. The van der Waals surface area contributed by atoms with Crippen LogP contribution in [-0.4, -0.2) is 57.6 Å². The van der Waals surface area contributed by atoms with Crippen molar-refractivity contribution < 1.29 is 25.5 Å². The normalized spacial score (nSPS) is 33.5. The monoisotopic (exact) mass is 1100 g/mol. The summed E-state index contributed by atoms with van der Waals surface area (Å²) in [4.78, 5) is 0. The first-order valence-corrected chi connectivity index (χ1v) is 32.4. The highest BCUT2D eigenvalue weighted by Gasteiger charge is 2.80. The van der Waals surface area contributed by atoms with Crippen molar-refractivity contribution in [2.45, 2.75) is 258 Å². The maximum absolute atomic E-state index is 10.5. The van der Waals surface area contributed by atoms with E-state index in [2.05, 4.69) is 138 Å². The zero-order valence-corrected chi connectivity index (χ0v) is 54.6. The second-order valence-corrected chi connectivity index (χ2v) is 29.0. The predicted octanol–water partition coefficient (Wildman–Crippen LogP) is 19.4. The fraction of sp³-hybridized carbons (Fsp3) is 0.733. The molecule has 5 nitrogen and oxygen atoms in total. The first-order valence-electron chi connectivity index (χ1n) is 32.4. The first-order chi connectivity index (χ1) is 37.7. The molecular weight excluding hydrogens is 981 g/mol. The van der Waals surface area contributed by atoms with Gasteiger partial charge in [0.1, 0.15) is 0 Å². The smallest absolute Gasteiger partial charge is 0.0653 e. The third kappa shape index (κ3) is 18.6. The van der Waals surface area contributed by atoms with Gasteiger partial charge in [0, 0.05) is 0 Å². The number of aliphatic hydroxyl groups is 5. The van der Waals surface area contributed by atoms with Gasteiger partial charge < -0.3 is 25.5 Å². The Labute approximate surface area is 493 Å². The minimum Gasteiger partial charge on any atom is -0.392 e. The lowest BCUT2D eigenvalue weighted by Gasteiger charge is -2.58. The highest BCUT2D eigenvalue weighted by molar-refractivity contribution is 5.29. The van der Waals surface area contributed by atoms with Crippen molar-refractivity contribution in [1.82, 2.24) is 0 Å². The summed E-state index contributed by atoms with van der Waals surface area (Å²) >= 11 is 0. The number of hydrogen-bond donors (Lipinski definition) is 5. The number of hydrogen-bond acceptors (Lipinski definition) is 5. The van der Waals surface area contributed by atoms with E-state index >= 15 is 0 Å². The van der Waals surface area contributed by atoms with Gasteiger partial charge in [-0.1, -0.05) is 145 Å². The van der Waals surface area contributed by atoms with Gasteiger partial charge >= 0.3 is 0 Å². The molecule has 0 amide bonds. The molecule has 10 aliphatic rings. The molecule has 0 aliphatic heterocycles. The van der Waals surface area contributed by atoms with E-state index in [4.69, 9.17) is 20.4 Å². The van der Waals surface area contributed by atoms with Gasteiger partial charge in [-0.2, -0.15) is 0 Å². The van der Waals surface area contributed by atoms with Crippen LogP contribution >= 0.6 is 0 Å². The minimum absolute atomic E-state index is 0.162. The molecule has 0 heterocycles. The van der Waals surface area contributed by atoms with Crippen LogP contribution in [0.3, 0.4) is 0 Å². The van der Waals surface area contributed by atoms with Crippen molar-refractivity contribution in [1.29, 1.82) is 0 Å². The van der Waals surface area contributed by atoms with Crippen molar-refractivity contribution >= 4 is 0 Å². The van der Waals surface area contributed by atoms with Gasteiger partial charge in [-0.3, -0.25) is 0 Å². The summed E-state index contributed by atoms with van der Waals surface area (Å²) in [5, 5.41) is 46.1. The van der Waals surface area contributed by atoms with Crippen LogP contribution in [0, 0.1) is 69.0 Å². The minimum atomic E-state index is -0.497. The van der Waals surface area contributed by atoms with Crippen molar-refractivity contribution in [3.8, 4) is 0 Å². The van der Waals surface area contributed by atoms with Crippen molar-refractivity contribution in [2.75, 3.05) is 26.4 Å². The Morgan fingerprint density at radius 1 is 0.575 bits per heavy atom. The number of aliphatic hydroxyl groups excluding tert-OH is 4. The average molecular weight is 1110 g/mol. The summed E-state index contributed by atoms with van der Waals surface area (Å²) in [6, 6.07) is 0. The Morgan fingerprint density at radius 3 is 1.56 bits per heavy atom. The molecule has 454 valence electrons. The van der Waals surface area contributed by atoms with Gasteiger partial charge in [0.15, 0.2) is 0 Å². The van der Waals surface area contributed by atoms with Crippen LogP contribution in [0.25, 0.3) is 0 Å². The molecular formula is C75H124O5. The van der Waals surface area contributed by atoms with E-state index in [0.29, 0.717) is 27.6 Å². The highest BCUT2D eigenvalue weighted by Crippen LogP contribution is 2.87. The SMILES string of the molecule is C=C1C2CCC(C2)C1(C)CCC=C(C)CO.CC(=CCCC1(C)C2CC3C(C2)C31C)CO.CC(=CCCC1(C)C2CC=C(C)C1C2)CO.CC(C)=CCCC(C)(O)C1CC=C(C)CC1.CC(C)=CCCC(C)=CCCC(C)=CCO. The second kappa shape index (κ2) is 31.9. The van der Waals surface area contributed by atoms with Crippen LogP contribution in [-0.2, 0) is 0 Å². The van der Waals surface area contributed by atoms with Gasteiger partial charge in [0.2, 0.25) is 0 Å². The molecule has 11 unspecified atom stereocenters. The van der Waals surface area contributed by atoms with Crippen LogP contribution in [0.4, 0.5) is 0 Å². The third-order valence-corrected chi connectivity index (χ3v) is 22.7. The van der Waals surface area contributed by atoms with E-state index in [0.717, 1.165) is 135 Å². The Hall–Kier alpha value is -2.80. The molecule has 0 spiro atoms. The van der Waals surface area contributed by atoms with E-state index in [1.807, 2.05) is 33.8 Å². The third-order valence-electron chi connectivity index (χ3n) is 22.7. The second-order valence-electron chi connectivity index (χ2n) is 29.0. The lowest BCUT2D eigenvalue weighted by molar-refractivity contribution is -0.0312. The van der Waals surface area contributed by atoms with E-state index in [1.165, 1.54) is 97.6 Å². The average Bonchev–Trinajstić information content (AvgIpc) is 3.91. The van der Waals surface area contributed by atoms with Crippen molar-refractivity contribution in [2.24, 2.45) is 69.0 Å². The molecule has 5 heteroatoms. The summed E-state index contributed by atoms with van der Waals surface area (Å²) in [5.74, 6) is 7.07. The maximum Gasteiger partial charge on any atom is 0.0653 e. The largest absolute Gasteiger partial charge is 0.392 e. The molecule has 0 radical (unpaired) electrons. The molecule has 5 N–H and O–H groups in total. The topological polar surface area (TPSA) is 101 Å². The lowest BCUT2D eigenvalue weighted by Crippen LogP contribution is -2.49. The van der Waals surface area contributed by atoms with Gasteiger partial charge in [0.25, 0.3) is 0 Å². The molecule has 7 fully saturated rings. The number of rotatable bonds is 23. The van der Waals surface area contributed by atoms with Crippen LogP contribution in [0.1, 0.15) is 252 Å². The van der Waals surface area contributed by atoms with E-state index in [1.54, 1.807) is 5.57 Å². The quantitative estimate of drug-likeness (QED) is 0.0657. The fourth-order valence-corrected chi connectivity index (χ4v) is 16.3. The summed E-state index contributed by atoms with van der Waals surface area (Å²) in [6.07, 6.45) is 46.9. The molecule has 7 saturated carbocycles. The van der Waals surface area contributed by atoms with Gasteiger partial charge in [0.05, 0.1) is 32.0 Å². The Bertz CT molecular complexity index is 2250. The van der Waals surface area contributed by atoms with Crippen molar-refractivity contribution in [3.05, 3.63) is 117 Å². The van der Waals surface area contributed by atoms with Gasteiger partial charge in [-0.05, 0) is 293 Å². The predicted molar refractivity (Wildman–Crippen MR) is 345 cm³/mol. The number of allylic oxidation sites excluding steroid dienone is 15. The first kappa shape index (κ1) is 69.7. The van der Waals surface area contributed by atoms with Gasteiger partial charge in [-0.25, -0.2) is 0 Å². The van der Waals surface area contributed by atoms with Crippen LogP contribution in [0.5, 0.6) is 0 Å². The molecule has 10 rings (SSSR count). The molecule has 0 aromatic heterocycles. The molecule has 80 heavy (non-hydrogen) atoms. The van der Waals surface area contributed by atoms with Crippen molar-refractivity contribution in [3.63, 3.8) is 0 Å². The van der Waals surface area contributed by atoms with Gasteiger partial charge in [-0.15, -0.1) is 0 Å². The molecule has 0 saturated heterocycles. The zero-order valence-electron chi connectivity index (χ0n) is 54.6. The highest BCUT2D eigenvalue weighted by atomic mass is 16.3. The van der Waals surface area contributed by atoms with E-state index < -0.39 is 5.60 Å². The van der Waals surface area contributed by atoms with Crippen LogP contribution in [0.2, 0.25) is 0 Å². The lowest BCUT2D eigenvalue weighted by atomic mass is 9.47. The Kier molecular flexibility index (Phi) is 27.8. The summed E-state index contributed by atoms with van der Waals surface area (Å²) < 4.78 is 0. The Balaban J connectivity index is 0.000000215. The summed E-state index contributed by atoms with van der Waals surface area (Å²) in [6.45, 7) is 40.4. The molecule has 11 atom stereocenters. The zero-order chi connectivity index (χ0) is 59.6. The fourth-order valence-electron chi connectivity index (χ4n) is 16.3. The standard InChI is InChI=1S/3C15H24O.2C15H26O/c1-10(9-16)5-4-6-14(2)11-7-12-13(8-11)15(12,14)3;1-11(10-16)5-4-8-15(3)12(2)13-6-7-14(15)9-13;1-11(10-16)5-4-8-15(3)13-7-6-12(2)14(15)9-13;1-12(2)6-5-11-15(4,16)14-9-7-13(3)8-10-14;1-13(2)7-5-8-14(3)9-6-10-15(4)11-12-16/h5,11-13,16H,4,6-9H2,1-3H3;5,13-14,16H,2,4,6-10H2,1,3H3;5-6,13-14,16H,4,7-10H2,1-3H3;6-7,14,16H,5,8-11H2,1-4H3;7,9,11,16H,5-6,8,10,12H2,1-4H3. The molecule has 0 aromatic carbocycles. The maximum atomic E-state index is 10.5. The van der Waals surface area contributed by atoms with E-state index in [-0.39, 0.29) is 26.4 Å². The molecule has 0 aromatic rings.